The number of halogens is 2. The summed E-state index contributed by atoms with van der Waals surface area (Å²) in [5.41, 5.74) is 2.54. The summed E-state index contributed by atoms with van der Waals surface area (Å²) in [6, 6.07) is 13.7. The van der Waals surface area contributed by atoms with Crippen molar-refractivity contribution in [1.82, 2.24) is 4.98 Å². The van der Waals surface area contributed by atoms with Crippen molar-refractivity contribution in [2.24, 2.45) is 0 Å². The molecule has 0 saturated heterocycles. The number of benzene rings is 2. The molecule has 0 spiro atoms. The monoisotopic (exact) mass is 402 g/mol. The van der Waals surface area contributed by atoms with E-state index < -0.39 is 0 Å². The summed E-state index contributed by atoms with van der Waals surface area (Å²) in [5, 5.41) is 5.14. The predicted molar refractivity (Wildman–Crippen MR) is 99.3 cm³/mol. The van der Waals surface area contributed by atoms with Crippen LogP contribution in [0.15, 0.2) is 64.5 Å². The molecule has 24 heavy (non-hydrogen) atoms. The molecule has 0 aliphatic rings. The first-order chi connectivity index (χ1) is 11.6. The normalized spacial score (nSPS) is 10.9. The van der Waals surface area contributed by atoms with E-state index in [1.165, 1.54) is 29.5 Å². The van der Waals surface area contributed by atoms with Crippen molar-refractivity contribution in [3.63, 3.8) is 0 Å². The van der Waals surface area contributed by atoms with E-state index >= 15 is 0 Å². The van der Waals surface area contributed by atoms with E-state index in [0.717, 1.165) is 21.3 Å². The van der Waals surface area contributed by atoms with Crippen molar-refractivity contribution in [1.29, 1.82) is 0 Å². The number of hydrogen-bond donors (Lipinski definition) is 1. The fourth-order valence-corrected chi connectivity index (χ4v) is 2.96. The largest absolute Gasteiger partial charge is 0.298 e. The third-order valence-corrected chi connectivity index (χ3v) is 4.46. The topological polar surface area (TPSA) is 42.0 Å². The van der Waals surface area contributed by atoms with Gasteiger partial charge in [-0.1, -0.05) is 40.2 Å². The average molecular weight is 403 g/mol. The van der Waals surface area contributed by atoms with Crippen LogP contribution in [0.4, 0.5) is 9.52 Å². The summed E-state index contributed by atoms with van der Waals surface area (Å²) in [6.45, 7) is 0. The first-order valence-electron chi connectivity index (χ1n) is 7.06. The molecule has 3 aromatic rings. The molecule has 0 aliphatic carbocycles. The van der Waals surface area contributed by atoms with E-state index in [2.05, 4.69) is 26.2 Å². The van der Waals surface area contributed by atoms with E-state index in [9.17, 15) is 9.18 Å². The third-order valence-electron chi connectivity index (χ3n) is 3.17. The van der Waals surface area contributed by atoms with Crippen LogP contribution in [0.5, 0.6) is 0 Å². The lowest BCUT2D eigenvalue weighted by Crippen LogP contribution is -2.07. The average Bonchev–Trinajstić information content (AvgIpc) is 3.03. The van der Waals surface area contributed by atoms with Gasteiger partial charge in [-0.2, -0.15) is 0 Å². The lowest BCUT2D eigenvalue weighted by Gasteiger charge is -1.98. The second kappa shape index (κ2) is 7.51. The Labute approximate surface area is 151 Å². The zero-order valence-corrected chi connectivity index (χ0v) is 14.8. The van der Waals surface area contributed by atoms with Crippen molar-refractivity contribution >= 4 is 44.4 Å². The Morgan fingerprint density at radius 2 is 1.83 bits per heavy atom. The summed E-state index contributed by atoms with van der Waals surface area (Å²) in [6.07, 6.45) is 3.02. The summed E-state index contributed by atoms with van der Waals surface area (Å²) in [4.78, 5) is 16.3. The highest BCUT2D eigenvalue weighted by Crippen LogP contribution is 2.26. The quantitative estimate of drug-likeness (QED) is 0.596. The molecule has 1 N–H and O–H groups in total. The van der Waals surface area contributed by atoms with Gasteiger partial charge in [-0.05, 0) is 35.9 Å². The molecule has 1 aromatic heterocycles. The Morgan fingerprint density at radius 3 is 2.54 bits per heavy atom. The van der Waals surface area contributed by atoms with Crippen molar-refractivity contribution in [3.8, 4) is 11.3 Å². The van der Waals surface area contributed by atoms with Gasteiger partial charge in [-0.15, -0.1) is 11.3 Å². The molecule has 1 heterocycles. The molecule has 0 unspecified atom stereocenters. The van der Waals surface area contributed by atoms with Crippen LogP contribution in [0.3, 0.4) is 0 Å². The van der Waals surface area contributed by atoms with Gasteiger partial charge in [0, 0.05) is 21.5 Å². The molecule has 120 valence electrons. The number of rotatable bonds is 4. The molecule has 2 aromatic carbocycles. The van der Waals surface area contributed by atoms with Crippen LogP contribution in [0.1, 0.15) is 5.56 Å². The van der Waals surface area contributed by atoms with Gasteiger partial charge in [-0.25, -0.2) is 9.37 Å². The molecule has 0 saturated carbocycles. The number of carbonyl (C=O) groups is 1. The maximum Gasteiger partial charge on any atom is 0.250 e. The number of aromatic nitrogens is 1. The minimum absolute atomic E-state index is 0.281. The number of nitrogens with one attached hydrogen (secondary N) is 1. The molecule has 3 rings (SSSR count). The second-order valence-electron chi connectivity index (χ2n) is 4.92. The van der Waals surface area contributed by atoms with Crippen LogP contribution in [0, 0.1) is 5.82 Å². The molecule has 1 amide bonds. The summed E-state index contributed by atoms with van der Waals surface area (Å²) in [5.74, 6) is -0.587. The minimum Gasteiger partial charge on any atom is -0.298 e. The van der Waals surface area contributed by atoms with Gasteiger partial charge < -0.3 is 0 Å². The molecule has 3 nitrogen and oxygen atoms in total. The number of thiazole rings is 1. The Balaban J connectivity index is 1.64. The van der Waals surface area contributed by atoms with Crippen molar-refractivity contribution in [2.45, 2.75) is 0 Å². The minimum atomic E-state index is -0.306. The molecule has 0 atom stereocenters. The van der Waals surface area contributed by atoms with E-state index in [4.69, 9.17) is 0 Å². The first-order valence-corrected chi connectivity index (χ1v) is 8.73. The van der Waals surface area contributed by atoms with Gasteiger partial charge >= 0.3 is 0 Å². The second-order valence-corrected chi connectivity index (χ2v) is 6.69. The maximum atomic E-state index is 12.8. The molecule has 6 heteroatoms. The Bertz CT molecular complexity index is 873. The predicted octanol–water partition coefficient (Wildman–Crippen LogP) is 5.36. The van der Waals surface area contributed by atoms with Crippen LogP contribution in [-0.2, 0) is 4.79 Å². The van der Waals surface area contributed by atoms with Gasteiger partial charge in [0.2, 0.25) is 5.91 Å². The molecular weight excluding hydrogens is 391 g/mol. The van der Waals surface area contributed by atoms with Crippen molar-refractivity contribution in [3.05, 3.63) is 75.8 Å². The molecule has 0 aliphatic heterocycles. The van der Waals surface area contributed by atoms with Gasteiger partial charge in [-0.3, -0.25) is 10.1 Å². The number of hydrogen-bond acceptors (Lipinski definition) is 3. The van der Waals surface area contributed by atoms with Crippen LogP contribution in [0.25, 0.3) is 17.3 Å². The fourth-order valence-electron chi connectivity index (χ4n) is 1.98. The summed E-state index contributed by atoms with van der Waals surface area (Å²) < 4.78 is 13.8. The number of carbonyl (C=O) groups excluding carboxylic acids is 1. The summed E-state index contributed by atoms with van der Waals surface area (Å²) in [7, 11) is 0. The highest BCUT2D eigenvalue weighted by atomic mass is 79.9. The smallest absolute Gasteiger partial charge is 0.250 e. The Kier molecular flexibility index (Phi) is 5.17. The highest BCUT2D eigenvalue weighted by Gasteiger charge is 2.06. The van der Waals surface area contributed by atoms with E-state index in [-0.39, 0.29) is 11.7 Å². The van der Waals surface area contributed by atoms with Crippen LogP contribution >= 0.6 is 27.3 Å². The van der Waals surface area contributed by atoms with Crippen LogP contribution < -0.4 is 5.32 Å². The van der Waals surface area contributed by atoms with E-state index in [1.54, 1.807) is 18.2 Å². The highest BCUT2D eigenvalue weighted by molar-refractivity contribution is 9.10. The zero-order valence-electron chi connectivity index (χ0n) is 12.4. The van der Waals surface area contributed by atoms with Crippen molar-refractivity contribution < 1.29 is 9.18 Å². The first kappa shape index (κ1) is 16.5. The Morgan fingerprint density at radius 1 is 1.12 bits per heavy atom. The molecule has 0 radical (unpaired) electrons. The van der Waals surface area contributed by atoms with E-state index in [1.807, 2.05) is 29.6 Å². The number of nitrogens with zero attached hydrogens (tertiary/aromatic N) is 1. The van der Waals surface area contributed by atoms with E-state index in [0.29, 0.717) is 5.13 Å². The third kappa shape index (κ3) is 4.37. The standard InChI is InChI=1S/C18H12BrFN2OS/c19-14-6-4-13(5-7-14)16-11-24-18(21-16)22-17(23)10-3-12-1-8-15(20)9-2-12/h1-11H,(H,21,22,23)/b10-3+. The molecular formula is C18H12BrFN2OS. The Hall–Kier alpha value is -2.31. The molecule has 0 bridgehead atoms. The lowest BCUT2D eigenvalue weighted by molar-refractivity contribution is -0.111. The van der Waals surface area contributed by atoms with Gasteiger partial charge in [0.05, 0.1) is 5.69 Å². The van der Waals surface area contributed by atoms with Crippen molar-refractivity contribution in [2.75, 3.05) is 5.32 Å². The number of anilines is 1. The van der Waals surface area contributed by atoms with Gasteiger partial charge in [0.15, 0.2) is 5.13 Å². The van der Waals surface area contributed by atoms with Crippen LogP contribution in [0.2, 0.25) is 0 Å². The summed E-state index contributed by atoms with van der Waals surface area (Å²) >= 11 is 4.76. The van der Waals surface area contributed by atoms with Gasteiger partial charge in [0.1, 0.15) is 5.82 Å². The number of amides is 1. The van der Waals surface area contributed by atoms with Gasteiger partial charge in [0.25, 0.3) is 0 Å². The lowest BCUT2D eigenvalue weighted by atomic mass is 10.2. The zero-order chi connectivity index (χ0) is 16.9. The fraction of sp³-hybridized carbons (Fsp3) is 0. The van der Waals surface area contributed by atoms with Crippen LogP contribution in [-0.4, -0.2) is 10.9 Å². The SMILES string of the molecule is O=C(/C=C/c1ccc(F)cc1)Nc1nc(-c2ccc(Br)cc2)cs1. The maximum absolute atomic E-state index is 12.8. The molecule has 0 fully saturated rings.